The summed E-state index contributed by atoms with van der Waals surface area (Å²) in [4.78, 5) is 16.3. The number of nitrogens with zero attached hydrogens (tertiary/aromatic N) is 5. The first-order chi connectivity index (χ1) is 17.1. The van der Waals surface area contributed by atoms with Crippen molar-refractivity contribution in [3.8, 4) is 22.6 Å². The zero-order valence-electron chi connectivity index (χ0n) is 20.3. The number of anilines is 3. The Morgan fingerprint density at radius 1 is 1.09 bits per heavy atom. The van der Waals surface area contributed by atoms with Crippen LogP contribution in [-0.2, 0) is 0 Å². The molecule has 7 heteroatoms. The number of imidazole rings is 1. The van der Waals surface area contributed by atoms with Crippen molar-refractivity contribution in [1.82, 2.24) is 24.6 Å². The zero-order chi connectivity index (χ0) is 24.4. The van der Waals surface area contributed by atoms with Gasteiger partial charge in [-0.15, -0.1) is 0 Å². The molecule has 5 rings (SSSR count). The van der Waals surface area contributed by atoms with Crippen molar-refractivity contribution in [1.29, 1.82) is 0 Å². The molecule has 35 heavy (non-hydrogen) atoms. The van der Waals surface area contributed by atoms with Crippen molar-refractivity contribution in [3.05, 3.63) is 85.0 Å². The number of aryl methyl sites for hydroxylation is 1. The Bertz CT molecular complexity index is 1460. The van der Waals surface area contributed by atoms with Crippen LogP contribution in [0, 0.1) is 6.92 Å². The summed E-state index contributed by atoms with van der Waals surface area (Å²) in [5.74, 6) is 0. The van der Waals surface area contributed by atoms with Crippen molar-refractivity contribution < 1.29 is 0 Å². The number of aromatic amines is 1. The Morgan fingerprint density at radius 3 is 2.54 bits per heavy atom. The summed E-state index contributed by atoms with van der Waals surface area (Å²) in [6.45, 7) is 12.5. The molecule has 0 aliphatic heterocycles. The van der Waals surface area contributed by atoms with Crippen LogP contribution in [0.3, 0.4) is 0 Å². The van der Waals surface area contributed by atoms with Gasteiger partial charge in [-0.2, -0.15) is 0 Å². The van der Waals surface area contributed by atoms with Crippen LogP contribution in [-0.4, -0.2) is 37.7 Å². The molecule has 2 aromatic carbocycles. The number of aromatic nitrogens is 5. The van der Waals surface area contributed by atoms with E-state index in [-0.39, 0.29) is 0 Å². The van der Waals surface area contributed by atoms with E-state index < -0.39 is 0 Å². The minimum absolute atomic E-state index is 0.738. The summed E-state index contributed by atoms with van der Waals surface area (Å²) in [7, 11) is 0. The third kappa shape index (κ3) is 4.05. The maximum absolute atomic E-state index is 5.07. The normalized spacial score (nSPS) is 11.1. The van der Waals surface area contributed by atoms with Crippen molar-refractivity contribution in [2.45, 2.75) is 20.8 Å². The number of hydrogen-bond acceptors (Lipinski definition) is 5. The lowest BCUT2D eigenvalue weighted by molar-refractivity contribution is 0.866. The second-order valence-electron chi connectivity index (χ2n) is 8.33. The van der Waals surface area contributed by atoms with E-state index in [9.17, 15) is 0 Å². The molecule has 176 valence electrons. The monoisotopic (exact) mass is 463 g/mol. The van der Waals surface area contributed by atoms with Crippen molar-refractivity contribution in [3.63, 3.8) is 0 Å². The lowest BCUT2D eigenvalue weighted by atomic mass is 10.1. The molecule has 0 saturated heterocycles. The quantitative estimate of drug-likeness (QED) is 0.281. The molecule has 3 aromatic heterocycles. The predicted molar refractivity (Wildman–Crippen MR) is 144 cm³/mol. The van der Waals surface area contributed by atoms with E-state index in [1.54, 1.807) is 24.7 Å². The lowest BCUT2D eigenvalue weighted by Gasteiger charge is -2.22. The zero-order valence-corrected chi connectivity index (χ0v) is 20.3. The molecule has 0 unspecified atom stereocenters. The highest BCUT2D eigenvalue weighted by Crippen LogP contribution is 2.37. The van der Waals surface area contributed by atoms with Gasteiger partial charge in [-0.1, -0.05) is 36.9 Å². The molecule has 0 aliphatic rings. The molecule has 0 amide bonds. The van der Waals surface area contributed by atoms with Gasteiger partial charge in [-0.05, 0) is 50.6 Å². The fourth-order valence-electron chi connectivity index (χ4n) is 4.43. The number of H-pyrrole nitrogens is 1. The molecule has 0 spiro atoms. The highest BCUT2D eigenvalue weighted by molar-refractivity contribution is 5.89. The Labute approximate surface area is 205 Å². The van der Waals surface area contributed by atoms with Gasteiger partial charge in [0, 0.05) is 42.4 Å². The van der Waals surface area contributed by atoms with Gasteiger partial charge >= 0.3 is 0 Å². The van der Waals surface area contributed by atoms with E-state index in [0.29, 0.717) is 0 Å². The highest BCUT2D eigenvalue weighted by atomic mass is 15.3. The molecule has 0 radical (unpaired) electrons. The van der Waals surface area contributed by atoms with E-state index in [4.69, 9.17) is 4.98 Å². The van der Waals surface area contributed by atoms with E-state index in [2.05, 4.69) is 83.0 Å². The standard InChI is InChI=1S/C28H29N7/c1-5-22-26(31-23-14-13-21(17-19(23)4)34(6-2)7-3)28-32-25(20-11-9-8-10-12-20)27(35(28)33-22)24-18-29-15-16-30-24/h5,8-18,31,33H,1,6-7H2,2-4H3. The van der Waals surface area contributed by atoms with Crippen LogP contribution >= 0.6 is 0 Å². The van der Waals surface area contributed by atoms with Crippen LogP contribution < -0.4 is 10.2 Å². The summed E-state index contributed by atoms with van der Waals surface area (Å²) in [5.41, 5.74) is 9.33. The maximum atomic E-state index is 5.07. The van der Waals surface area contributed by atoms with E-state index in [1.165, 1.54) is 5.69 Å². The van der Waals surface area contributed by atoms with Gasteiger partial charge < -0.3 is 10.2 Å². The smallest absolute Gasteiger partial charge is 0.178 e. The average Bonchev–Trinajstić information content (AvgIpc) is 3.43. The molecule has 0 bridgehead atoms. The third-order valence-corrected chi connectivity index (χ3v) is 6.26. The molecular formula is C28H29N7. The van der Waals surface area contributed by atoms with Gasteiger partial charge in [0.25, 0.3) is 0 Å². The van der Waals surface area contributed by atoms with Crippen LogP contribution in [0.1, 0.15) is 25.1 Å². The van der Waals surface area contributed by atoms with Crippen LogP contribution in [0.5, 0.6) is 0 Å². The molecule has 2 N–H and O–H groups in total. The topological polar surface area (TPSA) is 74.1 Å². The fraction of sp³-hybridized carbons (Fsp3) is 0.179. The van der Waals surface area contributed by atoms with Crippen LogP contribution in [0.25, 0.3) is 34.4 Å². The highest BCUT2D eigenvalue weighted by Gasteiger charge is 2.23. The molecule has 0 aliphatic carbocycles. The van der Waals surface area contributed by atoms with Gasteiger partial charge in [0.1, 0.15) is 22.8 Å². The molecule has 7 nitrogen and oxygen atoms in total. The number of hydrogen-bond donors (Lipinski definition) is 2. The summed E-state index contributed by atoms with van der Waals surface area (Å²) >= 11 is 0. The number of fused-ring (bicyclic) bond motifs is 1. The van der Waals surface area contributed by atoms with Crippen molar-refractivity contribution in [2.24, 2.45) is 0 Å². The van der Waals surface area contributed by atoms with Crippen molar-refractivity contribution in [2.75, 3.05) is 23.3 Å². The first-order valence-electron chi connectivity index (χ1n) is 11.9. The van der Waals surface area contributed by atoms with E-state index in [0.717, 1.165) is 64.0 Å². The lowest BCUT2D eigenvalue weighted by Crippen LogP contribution is -2.21. The second-order valence-corrected chi connectivity index (χ2v) is 8.33. The number of benzene rings is 2. The Morgan fingerprint density at radius 2 is 1.89 bits per heavy atom. The van der Waals surface area contributed by atoms with Crippen LogP contribution in [0.4, 0.5) is 17.1 Å². The SMILES string of the molecule is C=Cc1[nH]n2c(-c3cnccn3)c(-c3ccccc3)nc2c1Nc1ccc(N(CC)CC)cc1C. The van der Waals surface area contributed by atoms with Gasteiger partial charge in [0.15, 0.2) is 5.65 Å². The molecule has 5 aromatic rings. The fourth-order valence-corrected chi connectivity index (χ4v) is 4.43. The summed E-state index contributed by atoms with van der Waals surface area (Å²) in [5, 5.41) is 7.08. The summed E-state index contributed by atoms with van der Waals surface area (Å²) in [6, 6.07) is 16.6. The van der Waals surface area contributed by atoms with Crippen LogP contribution in [0.2, 0.25) is 0 Å². The summed E-state index contributed by atoms with van der Waals surface area (Å²) < 4.78 is 1.96. The minimum Gasteiger partial charge on any atom is -0.372 e. The van der Waals surface area contributed by atoms with E-state index >= 15 is 0 Å². The average molecular weight is 464 g/mol. The number of nitrogens with one attached hydrogen (secondary N) is 2. The Balaban J connectivity index is 1.66. The third-order valence-electron chi connectivity index (χ3n) is 6.26. The van der Waals surface area contributed by atoms with Gasteiger partial charge in [0.2, 0.25) is 0 Å². The largest absolute Gasteiger partial charge is 0.372 e. The molecular weight excluding hydrogens is 434 g/mol. The van der Waals surface area contributed by atoms with Gasteiger partial charge in [-0.3, -0.25) is 15.1 Å². The maximum Gasteiger partial charge on any atom is 0.178 e. The second kappa shape index (κ2) is 9.46. The first-order valence-corrected chi connectivity index (χ1v) is 11.9. The van der Waals surface area contributed by atoms with Crippen molar-refractivity contribution >= 4 is 28.8 Å². The Hall–Kier alpha value is -4.39. The predicted octanol–water partition coefficient (Wildman–Crippen LogP) is 6.33. The molecule has 3 heterocycles. The van der Waals surface area contributed by atoms with Gasteiger partial charge in [-0.25, -0.2) is 9.50 Å². The van der Waals surface area contributed by atoms with E-state index in [1.807, 2.05) is 22.7 Å². The summed E-state index contributed by atoms with van der Waals surface area (Å²) in [6.07, 6.45) is 6.93. The Kier molecular flexibility index (Phi) is 6.06. The molecule has 0 atom stereocenters. The van der Waals surface area contributed by atoms with Crippen LogP contribution in [0.15, 0.2) is 73.7 Å². The number of rotatable bonds is 8. The van der Waals surface area contributed by atoms with Gasteiger partial charge in [0.05, 0.1) is 11.9 Å². The molecule has 0 saturated carbocycles. The first kappa shape index (κ1) is 22.4. The minimum atomic E-state index is 0.738. The molecule has 0 fully saturated rings.